The Morgan fingerprint density at radius 1 is 1.03 bits per heavy atom. The molecule has 1 aliphatic rings. The predicted molar refractivity (Wildman–Crippen MR) is 131 cm³/mol. The molecule has 4 N–H and O–H groups in total. The number of nitrogens with zero attached hydrogens (tertiary/aromatic N) is 3. The molecule has 4 rings (SSSR count). The molecule has 0 aliphatic heterocycles. The number of benzene rings is 2. The molecule has 1 aromatic heterocycles. The minimum atomic E-state index is -3.82. The Morgan fingerprint density at radius 2 is 1.74 bits per heavy atom. The molecule has 1 heterocycles. The second-order valence-corrected chi connectivity index (χ2v) is 12.1. The van der Waals surface area contributed by atoms with Crippen molar-refractivity contribution in [3.05, 3.63) is 65.9 Å². The highest BCUT2D eigenvalue weighted by atomic mass is 32.2. The van der Waals surface area contributed by atoms with E-state index in [9.17, 15) is 16.8 Å². The fourth-order valence-electron chi connectivity index (χ4n) is 3.31. The van der Waals surface area contributed by atoms with E-state index in [1.165, 1.54) is 16.4 Å². The molecule has 1 saturated carbocycles. The number of hydrogen-bond donors (Lipinski definition) is 3. The van der Waals surface area contributed by atoms with Gasteiger partial charge in [0, 0.05) is 36.7 Å². The molecular weight excluding hydrogens is 476 g/mol. The second-order valence-electron chi connectivity index (χ2n) is 8.25. The van der Waals surface area contributed by atoms with Crippen LogP contribution in [0.15, 0.2) is 59.6 Å². The van der Waals surface area contributed by atoms with Crippen molar-refractivity contribution < 1.29 is 16.8 Å². The third-order valence-electron chi connectivity index (χ3n) is 5.39. The molecule has 180 valence electrons. The number of aromatic nitrogens is 2. The SMILES string of the molecule is Cc1cnc(Nc2cccc(S(N)(=O)=O)c2)nc1Nc1ccc(CN(C)S(=O)(=O)C2CC2)cc1. The van der Waals surface area contributed by atoms with Gasteiger partial charge in [0.25, 0.3) is 0 Å². The van der Waals surface area contributed by atoms with Crippen molar-refractivity contribution in [3.63, 3.8) is 0 Å². The largest absolute Gasteiger partial charge is 0.340 e. The van der Waals surface area contributed by atoms with E-state index >= 15 is 0 Å². The van der Waals surface area contributed by atoms with Crippen LogP contribution in [0.2, 0.25) is 0 Å². The predicted octanol–water partition coefficient (Wildman–Crippen LogP) is 2.84. The van der Waals surface area contributed by atoms with Gasteiger partial charge in [-0.3, -0.25) is 0 Å². The van der Waals surface area contributed by atoms with Crippen LogP contribution in [0.25, 0.3) is 0 Å². The molecule has 0 saturated heterocycles. The third kappa shape index (κ3) is 5.70. The number of rotatable bonds is 9. The number of hydrogen-bond acceptors (Lipinski definition) is 8. The van der Waals surface area contributed by atoms with Crippen molar-refractivity contribution >= 4 is 43.2 Å². The standard InChI is InChI=1S/C22H26N6O4S2/c1-15-13-24-22(26-18-4-3-5-20(12-18)33(23,29)30)27-21(15)25-17-8-6-16(7-9-17)14-28(2)34(31,32)19-10-11-19/h3-9,12-13,19H,10-11,14H2,1-2H3,(H2,23,29,30)(H2,24,25,26,27). The van der Waals surface area contributed by atoms with Crippen molar-refractivity contribution in [2.24, 2.45) is 5.14 Å². The number of sulfonamides is 2. The number of nitrogens with two attached hydrogens (primary N) is 1. The van der Waals surface area contributed by atoms with Crippen molar-refractivity contribution in [2.75, 3.05) is 17.7 Å². The first-order chi connectivity index (χ1) is 16.0. The Labute approximate surface area is 199 Å². The maximum atomic E-state index is 12.3. The molecule has 0 atom stereocenters. The zero-order valence-electron chi connectivity index (χ0n) is 18.8. The Morgan fingerprint density at radius 3 is 2.38 bits per heavy atom. The van der Waals surface area contributed by atoms with E-state index < -0.39 is 20.0 Å². The van der Waals surface area contributed by atoms with Gasteiger partial charge in [0.2, 0.25) is 26.0 Å². The minimum absolute atomic E-state index is 0.0152. The van der Waals surface area contributed by atoms with Gasteiger partial charge in [0.15, 0.2) is 0 Å². The molecule has 2 aromatic carbocycles. The molecule has 0 bridgehead atoms. The van der Waals surface area contributed by atoms with E-state index in [4.69, 9.17) is 5.14 Å². The first kappa shape index (κ1) is 24.1. The monoisotopic (exact) mass is 502 g/mol. The van der Waals surface area contributed by atoms with Gasteiger partial charge in [0.1, 0.15) is 5.82 Å². The fourth-order valence-corrected chi connectivity index (χ4v) is 5.44. The van der Waals surface area contributed by atoms with Gasteiger partial charge >= 0.3 is 0 Å². The second kappa shape index (κ2) is 9.29. The van der Waals surface area contributed by atoms with Crippen LogP contribution in [-0.4, -0.2) is 43.4 Å². The third-order valence-corrected chi connectivity index (χ3v) is 8.62. The quantitative estimate of drug-likeness (QED) is 0.405. The summed E-state index contributed by atoms with van der Waals surface area (Å²) in [6.45, 7) is 2.18. The Kier molecular flexibility index (Phi) is 6.58. The smallest absolute Gasteiger partial charge is 0.238 e. The molecule has 10 nitrogen and oxygen atoms in total. The van der Waals surface area contributed by atoms with Crippen molar-refractivity contribution in [1.29, 1.82) is 0 Å². The highest BCUT2D eigenvalue weighted by Crippen LogP contribution is 2.31. The van der Waals surface area contributed by atoms with Gasteiger partial charge in [-0.2, -0.15) is 4.98 Å². The minimum Gasteiger partial charge on any atom is -0.340 e. The van der Waals surface area contributed by atoms with Gasteiger partial charge < -0.3 is 10.6 Å². The van der Waals surface area contributed by atoms with Gasteiger partial charge in [-0.1, -0.05) is 18.2 Å². The Balaban J connectivity index is 1.45. The molecule has 0 radical (unpaired) electrons. The van der Waals surface area contributed by atoms with Crippen LogP contribution >= 0.6 is 0 Å². The van der Waals surface area contributed by atoms with Gasteiger partial charge in [0.05, 0.1) is 10.1 Å². The summed E-state index contributed by atoms with van der Waals surface area (Å²) in [4.78, 5) is 8.72. The normalized spacial score (nSPS) is 14.2. The molecule has 12 heteroatoms. The van der Waals surface area contributed by atoms with Crippen LogP contribution in [0.3, 0.4) is 0 Å². The lowest BCUT2D eigenvalue weighted by atomic mass is 10.2. The Bertz CT molecular complexity index is 1410. The number of primary sulfonamides is 1. The molecule has 34 heavy (non-hydrogen) atoms. The highest BCUT2D eigenvalue weighted by Gasteiger charge is 2.38. The van der Waals surface area contributed by atoms with Crippen LogP contribution in [0.4, 0.5) is 23.1 Å². The summed E-state index contributed by atoms with van der Waals surface area (Å²) < 4.78 is 49.2. The average molecular weight is 503 g/mol. The van der Waals surface area contributed by atoms with Gasteiger partial charge in [-0.25, -0.2) is 31.3 Å². The van der Waals surface area contributed by atoms with Crippen LogP contribution in [0.1, 0.15) is 24.0 Å². The average Bonchev–Trinajstić information content (AvgIpc) is 3.63. The topological polar surface area (TPSA) is 147 Å². The molecule has 0 spiro atoms. The summed E-state index contributed by atoms with van der Waals surface area (Å²) in [5.74, 6) is 0.851. The summed E-state index contributed by atoms with van der Waals surface area (Å²) in [7, 11) is -5.43. The van der Waals surface area contributed by atoms with Crippen molar-refractivity contribution in [2.45, 2.75) is 36.5 Å². The fraction of sp³-hybridized carbons (Fsp3) is 0.273. The molecule has 1 aliphatic carbocycles. The van der Waals surface area contributed by atoms with E-state index in [-0.39, 0.29) is 16.1 Å². The van der Waals surface area contributed by atoms with E-state index in [0.717, 1.165) is 29.7 Å². The van der Waals surface area contributed by atoms with Crippen LogP contribution in [0.5, 0.6) is 0 Å². The lowest BCUT2D eigenvalue weighted by Gasteiger charge is -2.17. The summed E-state index contributed by atoms with van der Waals surface area (Å²) in [5, 5.41) is 11.2. The van der Waals surface area contributed by atoms with E-state index in [1.807, 2.05) is 31.2 Å². The number of anilines is 4. The van der Waals surface area contributed by atoms with E-state index in [1.54, 1.807) is 25.4 Å². The van der Waals surface area contributed by atoms with E-state index in [2.05, 4.69) is 20.6 Å². The zero-order chi connectivity index (χ0) is 24.5. The van der Waals surface area contributed by atoms with Crippen molar-refractivity contribution in [3.8, 4) is 0 Å². The lowest BCUT2D eigenvalue weighted by molar-refractivity contribution is 0.465. The van der Waals surface area contributed by atoms with Crippen molar-refractivity contribution in [1.82, 2.24) is 14.3 Å². The molecular formula is C22H26N6O4S2. The first-order valence-electron chi connectivity index (χ1n) is 10.6. The zero-order valence-corrected chi connectivity index (χ0v) is 20.4. The molecule has 0 amide bonds. The summed E-state index contributed by atoms with van der Waals surface area (Å²) in [5.41, 5.74) is 2.95. The van der Waals surface area contributed by atoms with Crippen LogP contribution < -0.4 is 15.8 Å². The summed E-state index contributed by atoms with van der Waals surface area (Å²) >= 11 is 0. The van der Waals surface area contributed by atoms with E-state index in [0.29, 0.717) is 18.1 Å². The highest BCUT2D eigenvalue weighted by molar-refractivity contribution is 7.90. The van der Waals surface area contributed by atoms with Crippen LogP contribution in [0, 0.1) is 6.92 Å². The molecule has 0 unspecified atom stereocenters. The van der Waals surface area contributed by atoms with Gasteiger partial charge in [-0.05, 0) is 55.7 Å². The Hall–Kier alpha value is -3.06. The number of aryl methyl sites for hydroxylation is 1. The maximum absolute atomic E-state index is 12.3. The van der Waals surface area contributed by atoms with Crippen LogP contribution in [-0.2, 0) is 26.6 Å². The lowest BCUT2D eigenvalue weighted by Crippen LogP contribution is -2.29. The molecule has 1 fully saturated rings. The summed E-state index contributed by atoms with van der Waals surface area (Å²) in [6, 6.07) is 13.5. The van der Waals surface area contributed by atoms with Gasteiger partial charge in [-0.15, -0.1) is 0 Å². The first-order valence-corrected chi connectivity index (χ1v) is 13.6. The number of nitrogens with one attached hydrogen (secondary N) is 2. The maximum Gasteiger partial charge on any atom is 0.238 e. The summed E-state index contributed by atoms with van der Waals surface area (Å²) in [6.07, 6.45) is 3.12. The molecule has 3 aromatic rings.